The molecule has 4 aromatic rings. The minimum atomic E-state index is -0.226. The molecule has 1 unspecified atom stereocenters. The molecule has 6 heteroatoms. The van der Waals surface area contributed by atoms with E-state index in [-0.39, 0.29) is 18.6 Å². The molecular formula is C26H20N2O3S. The van der Waals surface area contributed by atoms with E-state index in [0.717, 1.165) is 27.8 Å². The third-order valence-electron chi connectivity index (χ3n) is 5.48. The van der Waals surface area contributed by atoms with Crippen LogP contribution in [-0.4, -0.2) is 29.5 Å². The zero-order valence-electron chi connectivity index (χ0n) is 17.2. The topological polar surface area (TPSA) is 59.0 Å². The molecule has 0 bridgehead atoms. The molecule has 1 aliphatic rings. The Bertz CT molecular complexity index is 1310. The molecule has 32 heavy (non-hydrogen) atoms. The molecule has 1 atom stereocenters. The summed E-state index contributed by atoms with van der Waals surface area (Å²) in [6.07, 6.45) is 1.40. The molecule has 0 fully saturated rings. The van der Waals surface area contributed by atoms with Crippen molar-refractivity contribution in [2.24, 2.45) is 5.10 Å². The van der Waals surface area contributed by atoms with Gasteiger partial charge in [-0.05, 0) is 46.0 Å². The van der Waals surface area contributed by atoms with E-state index in [0.29, 0.717) is 17.7 Å². The number of aldehydes is 1. The van der Waals surface area contributed by atoms with Gasteiger partial charge in [-0.3, -0.25) is 9.59 Å². The Labute approximate surface area is 189 Å². The van der Waals surface area contributed by atoms with Crippen molar-refractivity contribution in [1.29, 1.82) is 0 Å². The molecule has 0 N–H and O–H groups in total. The average Bonchev–Trinajstić information content (AvgIpc) is 3.52. The van der Waals surface area contributed by atoms with E-state index in [1.54, 1.807) is 40.6 Å². The highest BCUT2D eigenvalue weighted by Gasteiger charge is 2.34. The molecule has 1 aliphatic heterocycles. The van der Waals surface area contributed by atoms with Crippen LogP contribution in [-0.2, 0) is 4.79 Å². The Hall–Kier alpha value is -3.77. The fraction of sp³-hybridized carbons (Fsp3) is 0.115. The highest BCUT2D eigenvalue weighted by Crippen LogP contribution is 2.35. The second-order valence-corrected chi connectivity index (χ2v) is 8.54. The van der Waals surface area contributed by atoms with Gasteiger partial charge in [0.05, 0.1) is 11.8 Å². The number of hydrogen-bond acceptors (Lipinski definition) is 5. The number of fused-ring (bicyclic) bond motifs is 1. The number of amides is 1. The normalized spacial score (nSPS) is 15.6. The maximum Gasteiger partial charge on any atom is 0.281 e. The van der Waals surface area contributed by atoms with Crippen molar-refractivity contribution in [3.8, 4) is 5.75 Å². The molecule has 3 aromatic carbocycles. The molecule has 0 aliphatic carbocycles. The van der Waals surface area contributed by atoms with Crippen LogP contribution in [0.3, 0.4) is 0 Å². The van der Waals surface area contributed by atoms with E-state index in [2.05, 4.69) is 30.3 Å². The first kappa shape index (κ1) is 20.2. The lowest BCUT2D eigenvalue weighted by Gasteiger charge is -2.20. The van der Waals surface area contributed by atoms with E-state index < -0.39 is 0 Å². The van der Waals surface area contributed by atoms with Gasteiger partial charge in [0, 0.05) is 16.9 Å². The van der Waals surface area contributed by atoms with Gasteiger partial charge in [-0.25, -0.2) is 5.01 Å². The Kier molecular flexibility index (Phi) is 5.52. The van der Waals surface area contributed by atoms with Crippen LogP contribution in [0.1, 0.15) is 33.3 Å². The van der Waals surface area contributed by atoms with Crippen LogP contribution in [0, 0.1) is 0 Å². The van der Waals surface area contributed by atoms with E-state index in [1.807, 2.05) is 29.6 Å². The molecule has 0 radical (unpaired) electrons. The molecule has 0 saturated carbocycles. The molecule has 5 nitrogen and oxygen atoms in total. The predicted molar refractivity (Wildman–Crippen MR) is 126 cm³/mol. The van der Waals surface area contributed by atoms with Crippen molar-refractivity contribution in [2.75, 3.05) is 6.61 Å². The highest BCUT2D eigenvalue weighted by atomic mass is 32.1. The third-order valence-corrected chi connectivity index (χ3v) is 6.45. The first-order valence-corrected chi connectivity index (χ1v) is 11.2. The van der Waals surface area contributed by atoms with Crippen molar-refractivity contribution in [3.05, 3.63) is 100 Å². The molecule has 1 aromatic heterocycles. The number of rotatable bonds is 6. The fourth-order valence-corrected chi connectivity index (χ4v) is 4.69. The van der Waals surface area contributed by atoms with Crippen molar-refractivity contribution >= 4 is 40.0 Å². The fourth-order valence-electron chi connectivity index (χ4n) is 3.88. The van der Waals surface area contributed by atoms with Gasteiger partial charge < -0.3 is 4.74 Å². The minimum absolute atomic E-state index is 0.154. The van der Waals surface area contributed by atoms with Crippen molar-refractivity contribution in [3.63, 3.8) is 0 Å². The lowest BCUT2D eigenvalue weighted by molar-refractivity contribution is -0.135. The number of carbonyl (C=O) groups excluding carboxylic acids is 2. The van der Waals surface area contributed by atoms with Crippen LogP contribution in [0.15, 0.2) is 89.3 Å². The number of hydrazone groups is 1. The SMILES string of the molecule is O=Cc1cccc(OCC(=O)N2N=C(c3ccc4ccccc4c3)CC2c2cccs2)c1. The van der Waals surface area contributed by atoms with Gasteiger partial charge in [0.25, 0.3) is 5.91 Å². The summed E-state index contributed by atoms with van der Waals surface area (Å²) in [4.78, 5) is 25.2. The molecule has 158 valence electrons. The maximum atomic E-state index is 13.1. The summed E-state index contributed by atoms with van der Waals surface area (Å²) >= 11 is 1.61. The Morgan fingerprint density at radius 3 is 2.72 bits per heavy atom. The van der Waals surface area contributed by atoms with Gasteiger partial charge in [0.15, 0.2) is 6.61 Å². The first-order valence-electron chi connectivity index (χ1n) is 10.3. The van der Waals surface area contributed by atoms with E-state index >= 15 is 0 Å². The van der Waals surface area contributed by atoms with Gasteiger partial charge in [-0.2, -0.15) is 5.10 Å². The Morgan fingerprint density at radius 1 is 1.03 bits per heavy atom. The lowest BCUT2D eigenvalue weighted by Crippen LogP contribution is -2.31. The van der Waals surface area contributed by atoms with Crippen LogP contribution in [0.5, 0.6) is 5.75 Å². The van der Waals surface area contributed by atoms with Gasteiger partial charge in [0.1, 0.15) is 12.0 Å². The maximum absolute atomic E-state index is 13.1. The Morgan fingerprint density at radius 2 is 1.91 bits per heavy atom. The van der Waals surface area contributed by atoms with Crippen LogP contribution in [0.2, 0.25) is 0 Å². The van der Waals surface area contributed by atoms with Crippen molar-refractivity contribution in [1.82, 2.24) is 5.01 Å². The summed E-state index contributed by atoms with van der Waals surface area (Å²) < 4.78 is 5.67. The van der Waals surface area contributed by atoms with Crippen molar-refractivity contribution in [2.45, 2.75) is 12.5 Å². The standard InChI is InChI=1S/C26H20N2O3S/c29-16-18-5-3-8-22(13-18)31-17-26(30)28-24(25-9-4-12-32-25)15-23(27-28)21-11-10-19-6-1-2-7-20(19)14-21/h1-14,16,24H,15,17H2. The minimum Gasteiger partial charge on any atom is -0.484 e. The van der Waals surface area contributed by atoms with Gasteiger partial charge in [-0.15, -0.1) is 11.3 Å². The molecule has 5 rings (SSSR count). The second-order valence-electron chi connectivity index (χ2n) is 7.56. The second kappa shape index (κ2) is 8.77. The number of benzene rings is 3. The number of ether oxygens (including phenoxy) is 1. The lowest BCUT2D eigenvalue weighted by atomic mass is 10.00. The van der Waals surface area contributed by atoms with Crippen LogP contribution >= 0.6 is 11.3 Å². The zero-order chi connectivity index (χ0) is 21.9. The largest absolute Gasteiger partial charge is 0.484 e. The van der Waals surface area contributed by atoms with Gasteiger partial charge >= 0.3 is 0 Å². The summed E-state index contributed by atoms with van der Waals surface area (Å²) in [5.41, 5.74) is 2.40. The van der Waals surface area contributed by atoms with Crippen molar-refractivity contribution < 1.29 is 14.3 Å². The van der Waals surface area contributed by atoms with E-state index in [4.69, 9.17) is 9.84 Å². The number of hydrogen-bond donors (Lipinski definition) is 0. The average molecular weight is 441 g/mol. The summed E-state index contributed by atoms with van der Waals surface area (Å²) in [6, 6.07) is 25.1. The number of nitrogens with zero attached hydrogens (tertiary/aromatic N) is 2. The monoisotopic (exact) mass is 440 g/mol. The molecule has 0 spiro atoms. The molecule has 0 saturated heterocycles. The van der Waals surface area contributed by atoms with E-state index in [1.165, 1.54) is 5.39 Å². The van der Waals surface area contributed by atoms with Crippen LogP contribution < -0.4 is 4.74 Å². The zero-order valence-corrected chi connectivity index (χ0v) is 18.0. The summed E-state index contributed by atoms with van der Waals surface area (Å²) in [7, 11) is 0. The van der Waals surface area contributed by atoms with Crippen LogP contribution in [0.25, 0.3) is 10.8 Å². The Balaban J connectivity index is 1.41. The van der Waals surface area contributed by atoms with Crippen LogP contribution in [0.4, 0.5) is 0 Å². The molecule has 1 amide bonds. The summed E-state index contributed by atoms with van der Waals surface area (Å²) in [5, 5.41) is 10.6. The van der Waals surface area contributed by atoms with Gasteiger partial charge in [-0.1, -0.05) is 54.6 Å². The summed E-state index contributed by atoms with van der Waals surface area (Å²) in [6.45, 7) is -0.154. The van der Waals surface area contributed by atoms with Gasteiger partial charge in [0.2, 0.25) is 0 Å². The third kappa shape index (κ3) is 4.05. The predicted octanol–water partition coefficient (Wildman–Crippen LogP) is 5.47. The number of carbonyl (C=O) groups is 2. The molecular weight excluding hydrogens is 420 g/mol. The number of thiophene rings is 1. The smallest absolute Gasteiger partial charge is 0.281 e. The first-order chi connectivity index (χ1) is 15.7. The molecule has 2 heterocycles. The van der Waals surface area contributed by atoms with E-state index in [9.17, 15) is 9.59 Å². The highest BCUT2D eigenvalue weighted by molar-refractivity contribution is 7.10. The summed E-state index contributed by atoms with van der Waals surface area (Å²) in [5.74, 6) is 0.254. The quantitative estimate of drug-likeness (QED) is 0.374.